The molecule has 0 saturated carbocycles. The number of aliphatic hydroxyl groups is 5. The third kappa shape index (κ3) is 3.25. The molecule has 0 radical (unpaired) electrons. The van der Waals surface area contributed by atoms with E-state index in [2.05, 4.69) is 23.6 Å². The van der Waals surface area contributed by atoms with E-state index < -0.39 is 48.0 Å². The molecule has 4 aliphatic heterocycles. The number of carbonyl (C=O) groups excluding carboxylic acids is 1. The summed E-state index contributed by atoms with van der Waals surface area (Å²) in [5.41, 5.74) is -0.852. The summed E-state index contributed by atoms with van der Waals surface area (Å²) in [6.07, 6.45) is -3.13. The van der Waals surface area contributed by atoms with Crippen LogP contribution in [0.15, 0.2) is 0 Å². The topological polar surface area (TPSA) is 125 Å². The highest BCUT2D eigenvalue weighted by Crippen LogP contribution is 2.52. The smallest absolute Gasteiger partial charge is 0.150 e. The van der Waals surface area contributed by atoms with Gasteiger partial charge in [-0.25, -0.2) is 0 Å². The molecule has 0 unspecified atom stereocenters. The Bertz CT molecular complexity index is 514. The van der Waals surface area contributed by atoms with Crippen LogP contribution in [0.25, 0.3) is 0 Å². The summed E-state index contributed by atoms with van der Waals surface area (Å²) < 4.78 is 0. The number of aliphatic hydroxyl groups excluding tert-OH is 5. The van der Waals surface area contributed by atoms with Crippen LogP contribution in [0.3, 0.4) is 0 Å². The van der Waals surface area contributed by atoms with Crippen LogP contribution in [0.1, 0.15) is 39.5 Å². The van der Waals surface area contributed by atoms with Gasteiger partial charge in [0.2, 0.25) is 0 Å². The van der Waals surface area contributed by atoms with Crippen molar-refractivity contribution in [1.29, 1.82) is 0 Å². The van der Waals surface area contributed by atoms with Crippen molar-refractivity contribution in [2.75, 3.05) is 32.8 Å². The lowest BCUT2D eigenvalue weighted by Crippen LogP contribution is -2.81. The maximum Gasteiger partial charge on any atom is 0.150 e. The van der Waals surface area contributed by atoms with E-state index in [4.69, 9.17) is 5.11 Å². The first-order chi connectivity index (χ1) is 12.7. The van der Waals surface area contributed by atoms with E-state index in [9.17, 15) is 25.2 Å². The first-order valence-electron chi connectivity index (χ1n) is 10.1. The van der Waals surface area contributed by atoms with Crippen LogP contribution in [0.2, 0.25) is 0 Å². The Morgan fingerprint density at radius 2 is 1.37 bits per heavy atom. The lowest BCUT2D eigenvalue weighted by Gasteiger charge is -2.67. The zero-order valence-corrected chi connectivity index (χ0v) is 16.3. The summed E-state index contributed by atoms with van der Waals surface area (Å²) in [6.45, 7) is 5.65. The van der Waals surface area contributed by atoms with Gasteiger partial charge in [0.1, 0.15) is 30.2 Å². The molecule has 0 aromatic carbocycles. The fourth-order valence-electron chi connectivity index (χ4n) is 5.87. The maximum absolute atomic E-state index is 13.4. The summed E-state index contributed by atoms with van der Waals surface area (Å²) in [7, 11) is 0. The van der Waals surface area contributed by atoms with Gasteiger partial charge in [-0.05, 0) is 12.8 Å². The van der Waals surface area contributed by atoms with Crippen LogP contribution < -0.4 is 0 Å². The minimum Gasteiger partial charge on any atom is -0.394 e. The van der Waals surface area contributed by atoms with Crippen LogP contribution in [0.4, 0.5) is 0 Å². The molecule has 0 spiro atoms. The second kappa shape index (κ2) is 7.67. The highest BCUT2D eigenvalue weighted by Gasteiger charge is 2.65. The molecule has 8 heteroatoms. The van der Waals surface area contributed by atoms with E-state index in [1.165, 1.54) is 0 Å². The molecular formula is C19H34N2O6. The second-order valence-corrected chi connectivity index (χ2v) is 8.84. The molecule has 4 rings (SSSR count). The highest BCUT2D eigenvalue weighted by atomic mass is 16.4. The van der Waals surface area contributed by atoms with Crippen molar-refractivity contribution in [3.05, 3.63) is 0 Å². The molecule has 5 N–H and O–H groups in total. The second-order valence-electron chi connectivity index (χ2n) is 8.84. The van der Waals surface area contributed by atoms with Crippen molar-refractivity contribution in [2.24, 2.45) is 10.8 Å². The van der Waals surface area contributed by atoms with Crippen molar-refractivity contribution >= 4 is 5.78 Å². The summed E-state index contributed by atoms with van der Waals surface area (Å²) >= 11 is 0. The van der Waals surface area contributed by atoms with Crippen molar-refractivity contribution < 1.29 is 30.3 Å². The highest BCUT2D eigenvalue weighted by molar-refractivity contribution is 5.93. The zero-order chi connectivity index (χ0) is 20.0. The summed E-state index contributed by atoms with van der Waals surface area (Å²) in [4.78, 5) is 17.5. The van der Waals surface area contributed by atoms with E-state index in [0.29, 0.717) is 32.0 Å². The van der Waals surface area contributed by atoms with Gasteiger partial charge in [0.15, 0.2) is 0 Å². The van der Waals surface area contributed by atoms with Gasteiger partial charge in [-0.15, -0.1) is 0 Å². The molecule has 4 bridgehead atoms. The Labute approximate surface area is 160 Å². The number of ketones is 1. The van der Waals surface area contributed by atoms with Gasteiger partial charge in [-0.3, -0.25) is 14.6 Å². The van der Waals surface area contributed by atoms with Crippen molar-refractivity contribution in [1.82, 2.24) is 9.80 Å². The molecule has 0 amide bonds. The first kappa shape index (κ1) is 21.1. The Morgan fingerprint density at radius 1 is 0.926 bits per heavy atom. The molecule has 8 nitrogen and oxygen atoms in total. The van der Waals surface area contributed by atoms with Gasteiger partial charge in [-0.1, -0.05) is 26.7 Å². The van der Waals surface area contributed by atoms with Gasteiger partial charge < -0.3 is 25.5 Å². The van der Waals surface area contributed by atoms with Crippen molar-refractivity contribution in [2.45, 2.75) is 70.1 Å². The van der Waals surface area contributed by atoms with Crippen LogP contribution in [-0.2, 0) is 4.79 Å². The van der Waals surface area contributed by atoms with Gasteiger partial charge in [0, 0.05) is 26.2 Å². The minimum atomic E-state index is -1.64. The Kier molecular flexibility index (Phi) is 5.99. The molecule has 4 heterocycles. The van der Waals surface area contributed by atoms with Gasteiger partial charge in [-0.2, -0.15) is 0 Å². The Balaban J connectivity index is 1.86. The number of Topliss-reactive ketones (excluding diaryl/α,β-unsaturated/α-hetero) is 1. The van der Waals surface area contributed by atoms with Crippen molar-refractivity contribution in [3.8, 4) is 0 Å². The standard InChI is InChI=1S/C19H34N2O6/c1-3-5-18-8-20-10-19(6-4-2,17(18)27)11-21(9-18)16(20)15(26)14(25)13(24)12(23)7-22/h12-16,22-26H,3-11H2,1-2H3/t12-,13-,14+,15-,16?,18?,19?/m1/s1. The molecule has 0 aromatic heterocycles. The monoisotopic (exact) mass is 386 g/mol. The first-order valence-corrected chi connectivity index (χ1v) is 10.1. The van der Waals surface area contributed by atoms with Crippen LogP contribution >= 0.6 is 0 Å². The van der Waals surface area contributed by atoms with Gasteiger partial charge in [0.25, 0.3) is 0 Å². The predicted molar refractivity (Wildman–Crippen MR) is 97.7 cm³/mol. The molecule has 0 aromatic rings. The fraction of sp³-hybridized carbons (Fsp3) is 0.947. The van der Waals surface area contributed by atoms with Crippen molar-refractivity contribution in [3.63, 3.8) is 0 Å². The molecule has 4 aliphatic rings. The Morgan fingerprint density at radius 3 is 1.74 bits per heavy atom. The number of nitrogens with zero attached hydrogens (tertiary/aromatic N) is 2. The molecule has 0 aliphatic carbocycles. The van der Waals surface area contributed by atoms with E-state index >= 15 is 0 Å². The van der Waals surface area contributed by atoms with E-state index in [1.54, 1.807) is 0 Å². The summed E-state index contributed by atoms with van der Waals surface area (Å²) in [5, 5.41) is 49.8. The number of carbonyl (C=O) groups is 1. The average molecular weight is 386 g/mol. The molecular weight excluding hydrogens is 352 g/mol. The normalized spacial score (nSPS) is 42.2. The van der Waals surface area contributed by atoms with Gasteiger partial charge in [0.05, 0.1) is 23.6 Å². The van der Waals surface area contributed by atoms with E-state index in [0.717, 1.165) is 25.7 Å². The number of piperidine rings is 2. The fourth-order valence-corrected chi connectivity index (χ4v) is 5.87. The SMILES string of the molecule is CCCC12CN3CC(CCC)(CN(C1)C3[C@H](O)[C@@H](O)[C@H](O)[C@H](O)CO)C2=O. The lowest BCUT2D eigenvalue weighted by atomic mass is 9.57. The maximum atomic E-state index is 13.4. The third-order valence-electron chi connectivity index (χ3n) is 6.78. The Hall–Kier alpha value is -0.610. The van der Waals surface area contributed by atoms with Gasteiger partial charge >= 0.3 is 0 Å². The molecule has 4 atom stereocenters. The van der Waals surface area contributed by atoms with Crippen LogP contribution in [0, 0.1) is 10.8 Å². The number of hydrogen-bond acceptors (Lipinski definition) is 8. The zero-order valence-electron chi connectivity index (χ0n) is 16.3. The minimum absolute atomic E-state index is 0.357. The predicted octanol–water partition coefficient (Wildman–Crippen LogP) is -1.46. The molecule has 27 heavy (non-hydrogen) atoms. The molecule has 4 fully saturated rings. The third-order valence-corrected chi connectivity index (χ3v) is 6.78. The molecule has 156 valence electrons. The van der Waals surface area contributed by atoms with E-state index in [1.807, 2.05) is 0 Å². The lowest BCUT2D eigenvalue weighted by molar-refractivity contribution is -0.235. The number of rotatable bonds is 9. The van der Waals surface area contributed by atoms with E-state index in [-0.39, 0.29) is 0 Å². The quantitative estimate of drug-likeness (QED) is 0.326. The largest absolute Gasteiger partial charge is 0.394 e. The van der Waals surface area contributed by atoms with Crippen LogP contribution in [-0.4, -0.2) is 104 Å². The summed E-state index contributed by atoms with van der Waals surface area (Å²) in [5.74, 6) is 0.357. The van der Waals surface area contributed by atoms with Crippen LogP contribution in [0.5, 0.6) is 0 Å². The molecule has 4 saturated heterocycles. The average Bonchev–Trinajstić information content (AvgIpc) is 2.63. The number of hydrogen-bond donors (Lipinski definition) is 5. The summed E-state index contributed by atoms with van der Waals surface area (Å²) in [6, 6.07) is 0.